The van der Waals surface area contributed by atoms with E-state index in [-0.39, 0.29) is 12.2 Å². The van der Waals surface area contributed by atoms with Crippen LogP contribution in [0.3, 0.4) is 0 Å². The maximum Gasteiger partial charge on any atom is 0.348 e. The molecule has 1 aromatic rings. The predicted molar refractivity (Wildman–Crippen MR) is 59.2 cm³/mol. The highest BCUT2D eigenvalue weighted by atomic mass is 16.5. The summed E-state index contributed by atoms with van der Waals surface area (Å²) in [5.74, 6) is -0.617. The molecule has 4 heteroatoms. The van der Waals surface area contributed by atoms with Gasteiger partial charge in [0, 0.05) is 5.69 Å². The van der Waals surface area contributed by atoms with Crippen LogP contribution in [-0.2, 0) is 9.53 Å². The lowest BCUT2D eigenvalue weighted by Gasteiger charge is -1.99. The topological polar surface area (TPSA) is 63.0 Å². The second-order valence-electron chi connectivity index (χ2n) is 3.09. The number of pyridine rings is 1. The van der Waals surface area contributed by atoms with E-state index >= 15 is 0 Å². The third-order valence-electron chi connectivity index (χ3n) is 1.82. The first-order valence-electron chi connectivity index (χ1n) is 4.90. The van der Waals surface area contributed by atoms with Crippen molar-refractivity contribution in [1.82, 2.24) is 4.98 Å². The van der Waals surface area contributed by atoms with Gasteiger partial charge in [0.05, 0.1) is 12.3 Å². The SMILES string of the molecule is CCOC(=O)C(C#N)=Cc1cccc(C)n1. The van der Waals surface area contributed by atoms with Crippen molar-refractivity contribution in [3.63, 3.8) is 0 Å². The van der Waals surface area contributed by atoms with Crippen molar-refractivity contribution in [1.29, 1.82) is 5.26 Å². The van der Waals surface area contributed by atoms with Gasteiger partial charge in [0.1, 0.15) is 11.6 Å². The Bertz CT molecular complexity index is 458. The lowest BCUT2D eigenvalue weighted by Crippen LogP contribution is -2.06. The van der Waals surface area contributed by atoms with Crippen molar-refractivity contribution in [2.24, 2.45) is 0 Å². The number of nitriles is 1. The number of esters is 1. The van der Waals surface area contributed by atoms with Gasteiger partial charge >= 0.3 is 5.97 Å². The van der Waals surface area contributed by atoms with Crippen LogP contribution < -0.4 is 0 Å². The quantitative estimate of drug-likeness (QED) is 0.439. The first-order valence-corrected chi connectivity index (χ1v) is 4.90. The van der Waals surface area contributed by atoms with Crippen molar-refractivity contribution < 1.29 is 9.53 Å². The van der Waals surface area contributed by atoms with Gasteiger partial charge in [0.25, 0.3) is 0 Å². The monoisotopic (exact) mass is 216 g/mol. The van der Waals surface area contributed by atoms with Gasteiger partial charge in [-0.3, -0.25) is 4.98 Å². The predicted octanol–water partition coefficient (Wildman–Crippen LogP) is 1.86. The minimum Gasteiger partial charge on any atom is -0.462 e. The lowest BCUT2D eigenvalue weighted by atomic mass is 10.2. The minimum absolute atomic E-state index is 0.0417. The molecule has 0 aliphatic rings. The minimum atomic E-state index is -0.617. The second-order valence-corrected chi connectivity index (χ2v) is 3.09. The molecule has 1 aromatic heterocycles. The van der Waals surface area contributed by atoms with Gasteiger partial charge in [-0.1, -0.05) is 6.07 Å². The maximum absolute atomic E-state index is 11.3. The van der Waals surface area contributed by atoms with E-state index in [0.29, 0.717) is 5.69 Å². The number of ether oxygens (including phenoxy) is 1. The van der Waals surface area contributed by atoms with Crippen LogP contribution in [0.1, 0.15) is 18.3 Å². The Morgan fingerprint density at radius 1 is 1.62 bits per heavy atom. The molecule has 0 unspecified atom stereocenters. The highest BCUT2D eigenvalue weighted by molar-refractivity contribution is 5.97. The molecule has 82 valence electrons. The van der Waals surface area contributed by atoms with Crippen molar-refractivity contribution in [2.45, 2.75) is 13.8 Å². The van der Waals surface area contributed by atoms with E-state index in [9.17, 15) is 4.79 Å². The van der Waals surface area contributed by atoms with Gasteiger partial charge in [0.15, 0.2) is 0 Å². The molecule has 1 heterocycles. The summed E-state index contributed by atoms with van der Waals surface area (Å²) >= 11 is 0. The molecular weight excluding hydrogens is 204 g/mol. The van der Waals surface area contributed by atoms with Crippen LogP contribution in [0.15, 0.2) is 23.8 Å². The molecule has 0 amide bonds. The summed E-state index contributed by atoms with van der Waals surface area (Å²) < 4.78 is 4.74. The molecule has 0 aliphatic heterocycles. The van der Waals surface area contributed by atoms with E-state index in [2.05, 4.69) is 4.98 Å². The van der Waals surface area contributed by atoms with E-state index in [1.807, 2.05) is 19.1 Å². The summed E-state index contributed by atoms with van der Waals surface area (Å²) in [5.41, 5.74) is 1.36. The van der Waals surface area contributed by atoms with Crippen LogP contribution in [0.25, 0.3) is 6.08 Å². The fourth-order valence-corrected chi connectivity index (χ4v) is 1.14. The van der Waals surface area contributed by atoms with Gasteiger partial charge < -0.3 is 4.74 Å². The van der Waals surface area contributed by atoms with E-state index in [4.69, 9.17) is 10.00 Å². The van der Waals surface area contributed by atoms with Crippen molar-refractivity contribution >= 4 is 12.0 Å². The summed E-state index contributed by atoms with van der Waals surface area (Å²) in [7, 11) is 0. The Morgan fingerprint density at radius 2 is 2.38 bits per heavy atom. The fourth-order valence-electron chi connectivity index (χ4n) is 1.14. The fraction of sp³-hybridized carbons (Fsp3) is 0.250. The summed E-state index contributed by atoms with van der Waals surface area (Å²) in [4.78, 5) is 15.5. The van der Waals surface area contributed by atoms with Crippen molar-refractivity contribution in [3.8, 4) is 6.07 Å². The molecule has 0 N–H and O–H groups in total. The summed E-state index contributed by atoms with van der Waals surface area (Å²) in [6.45, 7) is 3.78. The zero-order valence-electron chi connectivity index (χ0n) is 9.23. The number of rotatable bonds is 3. The Labute approximate surface area is 94.2 Å². The number of aromatic nitrogens is 1. The van der Waals surface area contributed by atoms with Crippen LogP contribution in [0.5, 0.6) is 0 Å². The van der Waals surface area contributed by atoms with Gasteiger partial charge in [0.2, 0.25) is 0 Å². The maximum atomic E-state index is 11.3. The molecule has 0 aromatic carbocycles. The van der Waals surface area contributed by atoms with Crippen LogP contribution in [-0.4, -0.2) is 17.6 Å². The average Bonchev–Trinajstić information content (AvgIpc) is 2.26. The molecule has 0 saturated carbocycles. The summed E-state index contributed by atoms with van der Waals surface area (Å²) in [5, 5.41) is 8.81. The molecule has 0 aliphatic carbocycles. The van der Waals surface area contributed by atoms with Crippen molar-refractivity contribution in [3.05, 3.63) is 35.2 Å². The van der Waals surface area contributed by atoms with Crippen molar-refractivity contribution in [2.75, 3.05) is 6.61 Å². The van der Waals surface area contributed by atoms with E-state index in [0.717, 1.165) is 5.69 Å². The molecule has 0 radical (unpaired) electrons. The number of carbonyl (C=O) groups is 1. The van der Waals surface area contributed by atoms with Gasteiger partial charge in [-0.05, 0) is 32.1 Å². The highest BCUT2D eigenvalue weighted by Gasteiger charge is 2.09. The molecule has 16 heavy (non-hydrogen) atoms. The lowest BCUT2D eigenvalue weighted by molar-refractivity contribution is -0.137. The largest absolute Gasteiger partial charge is 0.462 e. The molecule has 0 bridgehead atoms. The number of hydrogen-bond acceptors (Lipinski definition) is 4. The Balaban J connectivity index is 2.97. The number of aryl methyl sites for hydroxylation is 1. The zero-order chi connectivity index (χ0) is 12.0. The Morgan fingerprint density at radius 3 is 2.94 bits per heavy atom. The smallest absolute Gasteiger partial charge is 0.348 e. The van der Waals surface area contributed by atoms with Gasteiger partial charge in [-0.2, -0.15) is 5.26 Å². The molecule has 0 atom stereocenters. The summed E-state index contributed by atoms with van der Waals surface area (Å²) in [6.07, 6.45) is 1.42. The van der Waals surface area contributed by atoms with Gasteiger partial charge in [-0.15, -0.1) is 0 Å². The van der Waals surface area contributed by atoms with E-state index < -0.39 is 5.97 Å². The zero-order valence-corrected chi connectivity index (χ0v) is 9.23. The normalized spacial score (nSPS) is 10.7. The van der Waals surface area contributed by atoms with Crippen LogP contribution in [0, 0.1) is 18.3 Å². The van der Waals surface area contributed by atoms with E-state index in [1.54, 1.807) is 19.1 Å². The third kappa shape index (κ3) is 3.21. The molecular formula is C12H12N2O2. The first-order chi connectivity index (χ1) is 7.67. The Kier molecular flexibility index (Phi) is 4.22. The number of carbonyl (C=O) groups excluding carboxylic acids is 1. The standard InChI is InChI=1S/C12H12N2O2/c1-3-16-12(15)10(8-13)7-11-6-4-5-9(2)14-11/h4-7H,3H2,1-2H3. The average molecular weight is 216 g/mol. The molecule has 0 saturated heterocycles. The Hall–Kier alpha value is -2.15. The van der Waals surface area contributed by atoms with Crippen LogP contribution >= 0.6 is 0 Å². The molecule has 1 rings (SSSR count). The summed E-state index contributed by atoms with van der Waals surface area (Å²) in [6, 6.07) is 7.18. The molecule has 0 fully saturated rings. The van der Waals surface area contributed by atoms with Crippen LogP contribution in [0.4, 0.5) is 0 Å². The second kappa shape index (κ2) is 5.66. The number of nitrogens with zero attached hydrogens (tertiary/aromatic N) is 2. The van der Waals surface area contributed by atoms with E-state index in [1.165, 1.54) is 6.08 Å². The molecule has 4 nitrogen and oxygen atoms in total. The first kappa shape index (κ1) is 11.9. The number of hydrogen-bond donors (Lipinski definition) is 0. The highest BCUT2D eigenvalue weighted by Crippen LogP contribution is 2.06. The van der Waals surface area contributed by atoms with Gasteiger partial charge in [-0.25, -0.2) is 4.79 Å². The molecule has 0 spiro atoms. The van der Waals surface area contributed by atoms with Crippen LogP contribution in [0.2, 0.25) is 0 Å². The third-order valence-corrected chi connectivity index (χ3v) is 1.82.